The Morgan fingerprint density at radius 2 is 2.40 bits per heavy atom. The normalized spacial score (nSPS) is 22.7. The first kappa shape index (κ1) is 11.9. The Hall–Kier alpha value is -1.14. The first-order chi connectivity index (χ1) is 7.00. The van der Waals surface area contributed by atoms with Crippen LogP contribution in [0.5, 0.6) is 0 Å². The van der Waals surface area contributed by atoms with Crippen LogP contribution in [0.15, 0.2) is 0 Å². The second kappa shape index (κ2) is 5.09. The molecule has 0 aromatic carbocycles. The average Bonchev–Trinajstić information content (AvgIpc) is 2.50. The highest BCUT2D eigenvalue weighted by atomic mass is 16.7. The van der Waals surface area contributed by atoms with Gasteiger partial charge in [-0.25, -0.2) is 5.48 Å². The number of carbonyl (C=O) groups excluding carboxylic acids is 2. The first-order valence-corrected chi connectivity index (χ1v) is 4.98. The van der Waals surface area contributed by atoms with Crippen LogP contribution in [0.1, 0.15) is 20.3 Å². The van der Waals surface area contributed by atoms with Crippen molar-refractivity contribution in [3.05, 3.63) is 0 Å². The molecule has 0 spiro atoms. The maximum Gasteiger partial charge on any atom is 0.268 e. The maximum atomic E-state index is 11.5. The minimum atomic E-state index is -0.615. The predicted octanol–water partition coefficient (Wildman–Crippen LogP) is -1.09. The van der Waals surface area contributed by atoms with E-state index in [1.54, 1.807) is 0 Å². The van der Waals surface area contributed by atoms with Crippen LogP contribution in [0, 0.1) is 5.92 Å². The van der Waals surface area contributed by atoms with Gasteiger partial charge in [0, 0.05) is 0 Å². The molecule has 6 nitrogen and oxygen atoms in total. The van der Waals surface area contributed by atoms with Gasteiger partial charge in [0.05, 0.1) is 6.04 Å². The molecule has 1 heterocycles. The van der Waals surface area contributed by atoms with E-state index in [9.17, 15) is 9.59 Å². The van der Waals surface area contributed by atoms with Gasteiger partial charge in [-0.2, -0.15) is 0 Å². The Labute approximate surface area is 88.5 Å². The summed E-state index contributed by atoms with van der Waals surface area (Å²) in [7, 11) is 0. The molecule has 0 radical (unpaired) electrons. The van der Waals surface area contributed by atoms with Crippen molar-refractivity contribution < 1.29 is 14.4 Å². The number of hydrogen-bond donors (Lipinski definition) is 3. The van der Waals surface area contributed by atoms with Crippen molar-refractivity contribution in [3.8, 4) is 0 Å². The zero-order valence-electron chi connectivity index (χ0n) is 8.95. The molecular weight excluding hydrogens is 198 g/mol. The fourth-order valence-electron chi connectivity index (χ4n) is 1.34. The van der Waals surface area contributed by atoms with E-state index in [0.717, 1.165) is 0 Å². The topological polar surface area (TPSA) is 93.5 Å². The van der Waals surface area contributed by atoms with Crippen LogP contribution < -0.4 is 16.5 Å². The maximum absolute atomic E-state index is 11.5. The zero-order chi connectivity index (χ0) is 11.4. The van der Waals surface area contributed by atoms with Crippen LogP contribution in [-0.4, -0.2) is 30.5 Å². The van der Waals surface area contributed by atoms with Crippen molar-refractivity contribution in [3.63, 3.8) is 0 Å². The van der Waals surface area contributed by atoms with E-state index < -0.39 is 12.1 Å². The van der Waals surface area contributed by atoms with Gasteiger partial charge < -0.3 is 11.1 Å². The number of carbonyl (C=O) groups is 2. The van der Waals surface area contributed by atoms with Gasteiger partial charge in [0.15, 0.2) is 0 Å². The average molecular weight is 215 g/mol. The second-order valence-corrected chi connectivity index (χ2v) is 4.07. The number of nitrogens with one attached hydrogen (secondary N) is 2. The number of nitrogens with two attached hydrogens (primary N) is 1. The first-order valence-electron chi connectivity index (χ1n) is 4.98. The van der Waals surface area contributed by atoms with E-state index in [4.69, 9.17) is 5.73 Å². The standard InChI is InChI=1S/C9H17N3O3/c1-5(2)3-6(10)8(13)11-7-4-15-12-9(7)14/h5-7H,3-4,10H2,1-2H3,(H,11,13)(H,12,14)/t6?,7-/m1/s1. The molecule has 1 rings (SSSR count). The van der Waals surface area contributed by atoms with Crippen LogP contribution in [0.25, 0.3) is 0 Å². The van der Waals surface area contributed by atoms with Gasteiger partial charge in [0.25, 0.3) is 5.91 Å². The molecule has 86 valence electrons. The Balaban J connectivity index is 2.37. The number of hydroxylamine groups is 1. The summed E-state index contributed by atoms with van der Waals surface area (Å²) in [4.78, 5) is 27.2. The third-order valence-electron chi connectivity index (χ3n) is 2.12. The van der Waals surface area contributed by atoms with Crippen molar-refractivity contribution in [2.24, 2.45) is 11.7 Å². The number of hydrogen-bond acceptors (Lipinski definition) is 4. The molecule has 15 heavy (non-hydrogen) atoms. The van der Waals surface area contributed by atoms with Crippen LogP contribution in [0.4, 0.5) is 0 Å². The van der Waals surface area contributed by atoms with Crippen LogP contribution in [0.3, 0.4) is 0 Å². The molecule has 0 aromatic heterocycles. The van der Waals surface area contributed by atoms with E-state index in [1.165, 1.54) is 0 Å². The van der Waals surface area contributed by atoms with Crippen molar-refractivity contribution in [2.75, 3.05) is 6.61 Å². The summed E-state index contributed by atoms with van der Waals surface area (Å²) < 4.78 is 0. The lowest BCUT2D eigenvalue weighted by atomic mass is 10.0. The predicted molar refractivity (Wildman–Crippen MR) is 53.5 cm³/mol. The molecule has 4 N–H and O–H groups in total. The van der Waals surface area contributed by atoms with E-state index >= 15 is 0 Å². The van der Waals surface area contributed by atoms with Gasteiger partial charge in [-0.3, -0.25) is 14.4 Å². The summed E-state index contributed by atoms with van der Waals surface area (Å²) in [5.74, 6) is -0.297. The van der Waals surface area contributed by atoms with E-state index in [0.29, 0.717) is 12.3 Å². The van der Waals surface area contributed by atoms with E-state index in [2.05, 4.69) is 15.6 Å². The van der Waals surface area contributed by atoms with Crippen LogP contribution in [0.2, 0.25) is 0 Å². The molecule has 0 aromatic rings. The van der Waals surface area contributed by atoms with Crippen molar-refractivity contribution in [1.82, 2.24) is 10.8 Å². The molecule has 6 heteroatoms. The van der Waals surface area contributed by atoms with Gasteiger partial charge in [-0.05, 0) is 12.3 Å². The Bertz CT molecular complexity index is 255. The molecule has 1 aliphatic rings. The molecule has 0 bridgehead atoms. The summed E-state index contributed by atoms with van der Waals surface area (Å²) >= 11 is 0. The summed E-state index contributed by atoms with van der Waals surface area (Å²) in [6.07, 6.45) is 0.598. The fourth-order valence-corrected chi connectivity index (χ4v) is 1.34. The lowest BCUT2D eigenvalue weighted by molar-refractivity contribution is -0.129. The van der Waals surface area contributed by atoms with Crippen molar-refractivity contribution in [1.29, 1.82) is 0 Å². The molecule has 2 atom stereocenters. The molecule has 2 amide bonds. The highest BCUT2D eigenvalue weighted by Gasteiger charge is 2.28. The Kier molecular flexibility index (Phi) is 4.05. The van der Waals surface area contributed by atoms with Gasteiger partial charge >= 0.3 is 0 Å². The highest BCUT2D eigenvalue weighted by molar-refractivity contribution is 5.90. The molecule has 1 aliphatic heterocycles. The van der Waals surface area contributed by atoms with Crippen LogP contribution in [-0.2, 0) is 14.4 Å². The summed E-state index contributed by atoms with van der Waals surface area (Å²) in [5, 5.41) is 2.53. The number of amides is 2. The number of rotatable bonds is 4. The van der Waals surface area contributed by atoms with Gasteiger partial charge in [-0.15, -0.1) is 0 Å². The minimum Gasteiger partial charge on any atom is -0.341 e. The largest absolute Gasteiger partial charge is 0.341 e. The Morgan fingerprint density at radius 1 is 1.73 bits per heavy atom. The molecule has 1 unspecified atom stereocenters. The molecule has 0 aliphatic carbocycles. The third-order valence-corrected chi connectivity index (χ3v) is 2.12. The molecule has 1 saturated heterocycles. The van der Waals surface area contributed by atoms with Crippen molar-refractivity contribution in [2.45, 2.75) is 32.4 Å². The zero-order valence-corrected chi connectivity index (χ0v) is 8.95. The highest BCUT2D eigenvalue weighted by Crippen LogP contribution is 2.03. The smallest absolute Gasteiger partial charge is 0.268 e. The van der Waals surface area contributed by atoms with Gasteiger partial charge in [0.1, 0.15) is 12.6 Å². The molecule has 1 fully saturated rings. The third kappa shape index (κ3) is 3.49. The molecular formula is C9H17N3O3. The van der Waals surface area contributed by atoms with Crippen LogP contribution >= 0.6 is 0 Å². The van der Waals surface area contributed by atoms with Gasteiger partial charge in [-0.1, -0.05) is 13.8 Å². The summed E-state index contributed by atoms with van der Waals surface area (Å²) in [6, 6.07) is -1.19. The lowest BCUT2D eigenvalue weighted by Gasteiger charge is -2.15. The van der Waals surface area contributed by atoms with Gasteiger partial charge in [0.2, 0.25) is 5.91 Å². The second-order valence-electron chi connectivity index (χ2n) is 4.07. The quantitative estimate of drug-likeness (QED) is 0.555. The Morgan fingerprint density at radius 3 is 2.87 bits per heavy atom. The summed E-state index contributed by atoms with van der Waals surface area (Å²) in [5.41, 5.74) is 7.82. The fraction of sp³-hybridized carbons (Fsp3) is 0.778. The SMILES string of the molecule is CC(C)CC(N)C(=O)N[C@@H]1CONC1=O. The van der Waals surface area contributed by atoms with E-state index in [-0.39, 0.29) is 18.4 Å². The lowest BCUT2D eigenvalue weighted by Crippen LogP contribution is -2.49. The monoisotopic (exact) mass is 215 g/mol. The minimum absolute atomic E-state index is 0.152. The van der Waals surface area contributed by atoms with Crippen molar-refractivity contribution >= 4 is 11.8 Å². The molecule has 0 saturated carbocycles. The summed E-state index contributed by atoms with van der Waals surface area (Å²) in [6.45, 7) is 4.12. The van der Waals surface area contributed by atoms with E-state index in [1.807, 2.05) is 13.8 Å².